The van der Waals surface area contributed by atoms with E-state index < -0.39 is 4.92 Å². The van der Waals surface area contributed by atoms with Crippen molar-refractivity contribution < 1.29 is 14.1 Å². The Labute approximate surface area is 125 Å². The number of hydrogen-bond acceptors (Lipinski definition) is 5. The van der Waals surface area contributed by atoms with Gasteiger partial charge in [-0.05, 0) is 37.1 Å². The van der Waals surface area contributed by atoms with Crippen LogP contribution in [-0.2, 0) is 4.79 Å². The number of carbonyl (C=O) groups is 1. The molecule has 1 aliphatic carbocycles. The van der Waals surface area contributed by atoms with E-state index >= 15 is 0 Å². The Hall–Kier alpha value is -2.96. The summed E-state index contributed by atoms with van der Waals surface area (Å²) in [4.78, 5) is 21.6. The summed E-state index contributed by atoms with van der Waals surface area (Å²) in [7, 11) is 0. The molecule has 1 heterocycles. The number of nitrogens with one attached hydrogen (secondary N) is 1. The van der Waals surface area contributed by atoms with E-state index in [1.807, 2.05) is 0 Å². The van der Waals surface area contributed by atoms with E-state index in [-0.39, 0.29) is 17.5 Å². The molecule has 7 nitrogen and oxygen atoms in total. The summed E-state index contributed by atoms with van der Waals surface area (Å²) in [6.45, 7) is 0. The Morgan fingerprint density at radius 2 is 2.00 bits per heavy atom. The van der Waals surface area contributed by atoms with Crippen LogP contribution in [0.5, 0.6) is 0 Å². The second kappa shape index (κ2) is 5.80. The zero-order valence-electron chi connectivity index (χ0n) is 11.6. The lowest BCUT2D eigenvalue weighted by Crippen LogP contribution is -2.18. The number of nitro groups is 1. The van der Waals surface area contributed by atoms with Gasteiger partial charge in [-0.15, -0.1) is 0 Å². The number of benzene rings is 1. The summed E-state index contributed by atoms with van der Waals surface area (Å²) in [5.41, 5.74) is 3.21. The molecule has 0 spiro atoms. The summed E-state index contributed by atoms with van der Waals surface area (Å²) in [5, 5.41) is 14.4. The molecular weight excluding hydrogens is 286 g/mol. The van der Waals surface area contributed by atoms with Gasteiger partial charge in [0.15, 0.2) is 0 Å². The number of nitro benzene ring substituents is 1. The molecule has 2 aromatic rings. The third-order valence-corrected chi connectivity index (χ3v) is 3.30. The molecule has 1 saturated carbocycles. The molecule has 1 aliphatic rings. The smallest absolute Gasteiger partial charge is 0.269 e. The number of non-ortho nitro benzene ring substituents is 1. The van der Waals surface area contributed by atoms with Crippen LogP contribution in [0.1, 0.15) is 18.6 Å². The van der Waals surface area contributed by atoms with Crippen molar-refractivity contribution in [1.82, 2.24) is 5.43 Å². The summed E-state index contributed by atoms with van der Waals surface area (Å²) >= 11 is 0. The van der Waals surface area contributed by atoms with Crippen LogP contribution in [0.15, 0.2) is 45.9 Å². The summed E-state index contributed by atoms with van der Waals surface area (Å²) < 4.78 is 5.56. The van der Waals surface area contributed by atoms with E-state index in [2.05, 4.69) is 10.5 Å². The van der Waals surface area contributed by atoms with Gasteiger partial charge in [0.2, 0.25) is 5.91 Å². The molecule has 1 fully saturated rings. The molecule has 0 bridgehead atoms. The van der Waals surface area contributed by atoms with Crippen molar-refractivity contribution in [2.45, 2.75) is 12.8 Å². The normalized spacial score (nSPS) is 14.2. The first-order valence-corrected chi connectivity index (χ1v) is 6.81. The second-order valence-corrected chi connectivity index (χ2v) is 5.01. The lowest BCUT2D eigenvalue weighted by atomic mass is 10.1. The number of nitrogens with zero attached hydrogens (tertiary/aromatic N) is 2. The molecule has 0 saturated heterocycles. The number of furan rings is 1. The van der Waals surface area contributed by atoms with Crippen LogP contribution in [0.2, 0.25) is 0 Å². The maximum atomic E-state index is 11.4. The maximum Gasteiger partial charge on any atom is 0.269 e. The standard InChI is InChI=1S/C15H13N3O4/c19-15(11-1-2-11)17-16-9-13-7-8-14(22-13)10-3-5-12(6-4-10)18(20)21/h3-9,11H,1-2H2,(H,17,19)/b16-9-. The van der Waals surface area contributed by atoms with Gasteiger partial charge in [-0.3, -0.25) is 14.9 Å². The van der Waals surface area contributed by atoms with E-state index in [0.717, 1.165) is 18.4 Å². The number of rotatable bonds is 5. The molecule has 0 aliphatic heterocycles. The predicted octanol–water partition coefficient (Wildman–Crippen LogP) is 2.71. The van der Waals surface area contributed by atoms with Crippen molar-refractivity contribution >= 4 is 17.8 Å². The highest BCUT2D eigenvalue weighted by Gasteiger charge is 2.29. The number of hydrogen-bond donors (Lipinski definition) is 1. The molecule has 0 atom stereocenters. The zero-order chi connectivity index (χ0) is 15.5. The van der Waals surface area contributed by atoms with Crippen molar-refractivity contribution in [3.8, 4) is 11.3 Å². The van der Waals surface area contributed by atoms with E-state index in [9.17, 15) is 14.9 Å². The molecule has 1 aromatic heterocycles. The monoisotopic (exact) mass is 299 g/mol. The topological polar surface area (TPSA) is 97.7 Å². The average Bonchev–Trinajstić information content (AvgIpc) is 3.27. The molecule has 1 aromatic carbocycles. The zero-order valence-corrected chi connectivity index (χ0v) is 11.6. The highest BCUT2D eigenvalue weighted by Crippen LogP contribution is 2.28. The minimum Gasteiger partial charge on any atom is -0.455 e. The minimum atomic E-state index is -0.452. The minimum absolute atomic E-state index is 0.0277. The van der Waals surface area contributed by atoms with Crippen LogP contribution >= 0.6 is 0 Å². The highest BCUT2D eigenvalue weighted by atomic mass is 16.6. The fraction of sp³-hybridized carbons (Fsp3) is 0.200. The molecular formula is C15H13N3O4. The van der Waals surface area contributed by atoms with Crippen molar-refractivity contribution in [2.75, 3.05) is 0 Å². The lowest BCUT2D eigenvalue weighted by molar-refractivity contribution is -0.384. The SMILES string of the molecule is O=C(N/N=C\c1ccc(-c2ccc([N+](=O)[O-])cc2)o1)C1CC1. The van der Waals surface area contributed by atoms with Gasteiger partial charge in [0.25, 0.3) is 5.69 Å². The molecule has 7 heteroatoms. The fourth-order valence-corrected chi connectivity index (χ4v) is 1.92. The van der Waals surface area contributed by atoms with Crippen molar-refractivity contribution in [3.63, 3.8) is 0 Å². The molecule has 22 heavy (non-hydrogen) atoms. The third-order valence-electron chi connectivity index (χ3n) is 3.30. The van der Waals surface area contributed by atoms with E-state index in [0.29, 0.717) is 11.5 Å². The van der Waals surface area contributed by atoms with Gasteiger partial charge in [-0.25, -0.2) is 5.43 Å². The van der Waals surface area contributed by atoms with Crippen molar-refractivity contribution in [1.29, 1.82) is 0 Å². The average molecular weight is 299 g/mol. The first kappa shape index (κ1) is 14.0. The van der Waals surface area contributed by atoms with Crippen LogP contribution < -0.4 is 5.43 Å². The largest absolute Gasteiger partial charge is 0.455 e. The van der Waals surface area contributed by atoms with Crippen molar-refractivity contribution in [2.24, 2.45) is 11.0 Å². The summed E-state index contributed by atoms with van der Waals surface area (Å²) in [6, 6.07) is 9.53. The van der Waals surface area contributed by atoms with Crippen LogP contribution in [-0.4, -0.2) is 17.0 Å². The van der Waals surface area contributed by atoms with Crippen LogP contribution in [0.25, 0.3) is 11.3 Å². The van der Waals surface area contributed by atoms with E-state index in [4.69, 9.17) is 4.42 Å². The number of hydrazone groups is 1. The number of carbonyl (C=O) groups excluding carboxylic acids is 1. The van der Waals surface area contributed by atoms with Crippen LogP contribution in [0.3, 0.4) is 0 Å². The van der Waals surface area contributed by atoms with Gasteiger partial charge in [0, 0.05) is 23.6 Å². The van der Waals surface area contributed by atoms with Gasteiger partial charge < -0.3 is 4.42 Å². The van der Waals surface area contributed by atoms with Gasteiger partial charge in [0.1, 0.15) is 11.5 Å². The van der Waals surface area contributed by atoms with Crippen LogP contribution in [0.4, 0.5) is 5.69 Å². The quantitative estimate of drug-likeness (QED) is 0.521. The Morgan fingerprint density at radius 1 is 1.27 bits per heavy atom. The van der Waals surface area contributed by atoms with Gasteiger partial charge in [-0.1, -0.05) is 0 Å². The Bertz CT molecular complexity index is 730. The van der Waals surface area contributed by atoms with Gasteiger partial charge >= 0.3 is 0 Å². The maximum absolute atomic E-state index is 11.4. The molecule has 0 unspecified atom stereocenters. The van der Waals surface area contributed by atoms with Gasteiger partial charge in [-0.2, -0.15) is 5.10 Å². The highest BCUT2D eigenvalue weighted by molar-refractivity contribution is 5.83. The number of amides is 1. The molecule has 1 N–H and O–H groups in total. The first-order chi connectivity index (χ1) is 10.6. The van der Waals surface area contributed by atoms with E-state index in [1.54, 1.807) is 24.3 Å². The fourth-order valence-electron chi connectivity index (χ4n) is 1.92. The predicted molar refractivity (Wildman–Crippen MR) is 79.3 cm³/mol. The Kier molecular flexibility index (Phi) is 3.69. The molecule has 1 amide bonds. The first-order valence-electron chi connectivity index (χ1n) is 6.81. The molecule has 0 radical (unpaired) electrons. The molecule has 112 valence electrons. The third kappa shape index (κ3) is 3.20. The van der Waals surface area contributed by atoms with Crippen LogP contribution in [0, 0.1) is 16.0 Å². The second-order valence-electron chi connectivity index (χ2n) is 5.01. The summed E-state index contributed by atoms with van der Waals surface area (Å²) in [6.07, 6.45) is 3.27. The van der Waals surface area contributed by atoms with Crippen molar-refractivity contribution in [3.05, 3.63) is 52.3 Å². The van der Waals surface area contributed by atoms with E-state index in [1.165, 1.54) is 18.3 Å². The Morgan fingerprint density at radius 3 is 2.64 bits per heavy atom. The Balaban J connectivity index is 1.66. The van der Waals surface area contributed by atoms with Gasteiger partial charge in [0.05, 0.1) is 11.1 Å². The lowest BCUT2D eigenvalue weighted by Gasteiger charge is -1.96. The molecule has 3 rings (SSSR count). The summed E-state index contributed by atoms with van der Waals surface area (Å²) in [5.74, 6) is 1.09.